The Kier molecular flexibility index (Phi) is 4.79. The van der Waals surface area contributed by atoms with E-state index in [2.05, 4.69) is 21.2 Å². The molecule has 2 aromatic rings. The Morgan fingerprint density at radius 1 is 1.20 bits per heavy atom. The summed E-state index contributed by atoms with van der Waals surface area (Å²) in [6.45, 7) is 2.17. The van der Waals surface area contributed by atoms with Crippen LogP contribution in [0.1, 0.15) is 22.8 Å². The maximum Gasteiger partial charge on any atom is 0.159 e. The predicted octanol–water partition coefficient (Wildman–Crippen LogP) is 4.27. The lowest BCUT2D eigenvalue weighted by molar-refractivity contribution is 0.101. The summed E-state index contributed by atoms with van der Waals surface area (Å²) in [4.78, 5) is 11.4. The molecule has 4 heteroatoms. The molecular formula is C16H16BrNO2. The van der Waals surface area contributed by atoms with Gasteiger partial charge in [-0.1, -0.05) is 15.9 Å². The molecule has 1 N–H and O–H groups in total. The molecule has 0 fully saturated rings. The number of anilines is 1. The Labute approximate surface area is 127 Å². The van der Waals surface area contributed by atoms with Crippen LogP contribution in [0.15, 0.2) is 46.9 Å². The van der Waals surface area contributed by atoms with Crippen molar-refractivity contribution < 1.29 is 9.53 Å². The Morgan fingerprint density at radius 2 is 1.90 bits per heavy atom. The number of rotatable bonds is 5. The first-order valence-corrected chi connectivity index (χ1v) is 7.06. The van der Waals surface area contributed by atoms with Gasteiger partial charge in [0.2, 0.25) is 0 Å². The van der Waals surface area contributed by atoms with Crippen LogP contribution in [-0.4, -0.2) is 12.9 Å². The van der Waals surface area contributed by atoms with Crippen LogP contribution in [0, 0.1) is 0 Å². The average molecular weight is 334 g/mol. The molecule has 0 saturated carbocycles. The second-order valence-corrected chi connectivity index (χ2v) is 5.36. The van der Waals surface area contributed by atoms with E-state index in [1.54, 1.807) is 20.1 Å². The van der Waals surface area contributed by atoms with E-state index in [4.69, 9.17) is 4.74 Å². The highest BCUT2D eigenvalue weighted by Gasteiger charge is 2.07. The molecule has 3 nitrogen and oxygen atoms in total. The summed E-state index contributed by atoms with van der Waals surface area (Å²) in [6, 6.07) is 13.4. The molecule has 0 saturated heterocycles. The largest absolute Gasteiger partial charge is 0.496 e. The normalized spacial score (nSPS) is 10.2. The van der Waals surface area contributed by atoms with Crippen molar-refractivity contribution in [1.82, 2.24) is 0 Å². The van der Waals surface area contributed by atoms with E-state index in [1.807, 2.05) is 36.4 Å². The fourth-order valence-corrected chi connectivity index (χ4v) is 2.17. The highest BCUT2D eigenvalue weighted by molar-refractivity contribution is 9.10. The lowest BCUT2D eigenvalue weighted by atomic mass is 10.1. The number of Topliss-reactive ketones (excluding diaryl/α,β-unsaturated/α-hetero) is 1. The molecule has 104 valence electrons. The smallest absolute Gasteiger partial charge is 0.159 e. The van der Waals surface area contributed by atoms with Crippen LogP contribution in [0.2, 0.25) is 0 Å². The molecule has 2 aromatic carbocycles. The van der Waals surface area contributed by atoms with Gasteiger partial charge in [-0.3, -0.25) is 4.79 Å². The number of benzene rings is 2. The molecule has 0 amide bonds. The first kappa shape index (κ1) is 14.6. The molecule has 0 spiro atoms. The van der Waals surface area contributed by atoms with Crippen molar-refractivity contribution in [3.8, 4) is 5.75 Å². The lowest BCUT2D eigenvalue weighted by Crippen LogP contribution is -2.03. The number of methoxy groups -OCH3 is 1. The van der Waals surface area contributed by atoms with E-state index < -0.39 is 0 Å². The maximum absolute atomic E-state index is 11.4. The van der Waals surface area contributed by atoms with Crippen LogP contribution in [0.5, 0.6) is 5.75 Å². The van der Waals surface area contributed by atoms with Gasteiger partial charge in [-0.25, -0.2) is 0 Å². The Bertz CT molecular complexity index is 608. The van der Waals surface area contributed by atoms with Crippen LogP contribution in [0.3, 0.4) is 0 Å². The van der Waals surface area contributed by atoms with Crippen molar-refractivity contribution >= 4 is 27.4 Å². The maximum atomic E-state index is 11.4. The van der Waals surface area contributed by atoms with Crippen molar-refractivity contribution in [2.45, 2.75) is 13.5 Å². The van der Waals surface area contributed by atoms with Crippen molar-refractivity contribution in [3.05, 3.63) is 58.1 Å². The molecular weight excluding hydrogens is 318 g/mol. The summed E-state index contributed by atoms with van der Waals surface area (Å²) in [5.41, 5.74) is 2.67. The minimum atomic E-state index is 0.0533. The lowest BCUT2D eigenvalue weighted by Gasteiger charge is -2.12. The van der Waals surface area contributed by atoms with Gasteiger partial charge in [0.25, 0.3) is 0 Å². The van der Waals surface area contributed by atoms with Crippen LogP contribution in [0.25, 0.3) is 0 Å². The van der Waals surface area contributed by atoms with Crippen LogP contribution >= 0.6 is 15.9 Å². The first-order chi connectivity index (χ1) is 9.60. The summed E-state index contributed by atoms with van der Waals surface area (Å²) in [5.74, 6) is 0.831. The molecule has 0 radical (unpaired) electrons. The molecule has 0 aromatic heterocycles. The van der Waals surface area contributed by atoms with Crippen LogP contribution < -0.4 is 10.1 Å². The number of ether oxygens (including phenoxy) is 1. The van der Waals surface area contributed by atoms with E-state index in [0.717, 1.165) is 21.5 Å². The molecule has 0 atom stereocenters. The monoisotopic (exact) mass is 333 g/mol. The molecule has 2 rings (SSSR count). The molecule has 0 bridgehead atoms. The van der Waals surface area contributed by atoms with Crippen molar-refractivity contribution in [2.24, 2.45) is 0 Å². The van der Waals surface area contributed by atoms with Crippen molar-refractivity contribution in [1.29, 1.82) is 0 Å². The molecule has 0 heterocycles. The standard InChI is InChI=1S/C16H16BrNO2/c1-11(19)12-3-8-16(20-2)13(9-12)10-18-15-6-4-14(17)5-7-15/h3-9,18H,10H2,1-2H3. The second kappa shape index (κ2) is 6.57. The number of ketones is 1. The Hall–Kier alpha value is -1.81. The fraction of sp³-hybridized carbons (Fsp3) is 0.188. The molecule has 20 heavy (non-hydrogen) atoms. The third-order valence-electron chi connectivity index (χ3n) is 3.01. The van der Waals surface area contributed by atoms with Gasteiger partial charge in [0, 0.05) is 27.8 Å². The Morgan fingerprint density at radius 3 is 2.50 bits per heavy atom. The van der Waals surface area contributed by atoms with Crippen LogP contribution in [0.4, 0.5) is 5.69 Å². The molecule has 0 unspecified atom stereocenters. The van der Waals surface area contributed by atoms with Gasteiger partial charge in [0.15, 0.2) is 5.78 Å². The van der Waals surface area contributed by atoms with Gasteiger partial charge < -0.3 is 10.1 Å². The first-order valence-electron chi connectivity index (χ1n) is 6.27. The number of halogens is 1. The van der Waals surface area contributed by atoms with Gasteiger partial charge in [-0.05, 0) is 49.4 Å². The van der Waals surface area contributed by atoms with E-state index in [0.29, 0.717) is 12.1 Å². The summed E-state index contributed by atoms with van der Waals surface area (Å²) >= 11 is 3.40. The zero-order valence-electron chi connectivity index (χ0n) is 11.4. The average Bonchev–Trinajstić information content (AvgIpc) is 2.46. The van der Waals surface area contributed by atoms with Gasteiger partial charge in [-0.15, -0.1) is 0 Å². The molecule has 0 aliphatic carbocycles. The molecule has 0 aliphatic heterocycles. The minimum Gasteiger partial charge on any atom is -0.496 e. The zero-order chi connectivity index (χ0) is 14.5. The third kappa shape index (κ3) is 3.61. The summed E-state index contributed by atoms with van der Waals surface area (Å²) in [5, 5.41) is 3.32. The number of carbonyl (C=O) groups is 1. The zero-order valence-corrected chi connectivity index (χ0v) is 13.0. The predicted molar refractivity (Wildman–Crippen MR) is 84.5 cm³/mol. The highest BCUT2D eigenvalue weighted by Crippen LogP contribution is 2.22. The van der Waals surface area contributed by atoms with E-state index >= 15 is 0 Å². The minimum absolute atomic E-state index is 0.0533. The summed E-state index contributed by atoms with van der Waals surface area (Å²) in [7, 11) is 1.63. The van der Waals surface area contributed by atoms with Crippen LogP contribution in [-0.2, 0) is 6.54 Å². The third-order valence-corrected chi connectivity index (χ3v) is 3.54. The van der Waals surface area contributed by atoms with E-state index in [1.165, 1.54) is 0 Å². The second-order valence-electron chi connectivity index (χ2n) is 4.44. The molecule has 0 aliphatic rings. The topological polar surface area (TPSA) is 38.3 Å². The highest BCUT2D eigenvalue weighted by atomic mass is 79.9. The van der Waals surface area contributed by atoms with Gasteiger partial charge in [-0.2, -0.15) is 0 Å². The van der Waals surface area contributed by atoms with Crippen molar-refractivity contribution in [3.63, 3.8) is 0 Å². The summed E-state index contributed by atoms with van der Waals surface area (Å²) < 4.78 is 6.37. The Balaban J connectivity index is 2.16. The summed E-state index contributed by atoms with van der Waals surface area (Å²) in [6.07, 6.45) is 0. The number of hydrogen-bond donors (Lipinski definition) is 1. The fourth-order valence-electron chi connectivity index (χ4n) is 1.90. The van der Waals surface area contributed by atoms with E-state index in [9.17, 15) is 4.79 Å². The number of nitrogens with one attached hydrogen (secondary N) is 1. The number of hydrogen-bond acceptors (Lipinski definition) is 3. The number of carbonyl (C=O) groups excluding carboxylic acids is 1. The van der Waals surface area contributed by atoms with Gasteiger partial charge >= 0.3 is 0 Å². The SMILES string of the molecule is COc1ccc(C(C)=O)cc1CNc1ccc(Br)cc1. The van der Waals surface area contributed by atoms with E-state index in [-0.39, 0.29) is 5.78 Å². The van der Waals surface area contributed by atoms with Gasteiger partial charge in [0.05, 0.1) is 7.11 Å². The van der Waals surface area contributed by atoms with Gasteiger partial charge in [0.1, 0.15) is 5.75 Å². The van der Waals surface area contributed by atoms with Crippen molar-refractivity contribution in [2.75, 3.05) is 12.4 Å². The quantitative estimate of drug-likeness (QED) is 0.830.